The van der Waals surface area contributed by atoms with E-state index in [1.807, 2.05) is 51.1 Å². The maximum absolute atomic E-state index is 12.3. The van der Waals surface area contributed by atoms with Gasteiger partial charge in [-0.05, 0) is 31.4 Å². The van der Waals surface area contributed by atoms with Gasteiger partial charge in [0.25, 0.3) is 0 Å². The lowest BCUT2D eigenvalue weighted by Crippen LogP contribution is -2.41. The summed E-state index contributed by atoms with van der Waals surface area (Å²) >= 11 is 1.23. The number of benzene rings is 1. The third-order valence-corrected chi connectivity index (χ3v) is 4.13. The molecule has 1 aromatic carbocycles. The smallest absolute Gasteiger partial charge is 0.329 e. The van der Waals surface area contributed by atoms with E-state index >= 15 is 0 Å². The molecule has 3 nitrogen and oxygen atoms in total. The maximum atomic E-state index is 12.3. The van der Waals surface area contributed by atoms with Gasteiger partial charge in [0.1, 0.15) is 0 Å². The summed E-state index contributed by atoms with van der Waals surface area (Å²) in [6, 6.07) is 9.41. The van der Waals surface area contributed by atoms with Crippen molar-refractivity contribution in [2.24, 2.45) is 5.41 Å². The molecule has 0 N–H and O–H groups in total. The molecule has 20 heavy (non-hydrogen) atoms. The van der Waals surface area contributed by atoms with Gasteiger partial charge in [-0.2, -0.15) is 0 Å². The van der Waals surface area contributed by atoms with Gasteiger partial charge in [-0.1, -0.05) is 50.7 Å². The van der Waals surface area contributed by atoms with Crippen molar-refractivity contribution in [3.8, 4) is 0 Å². The number of thioether (sulfide) groups is 1. The highest BCUT2D eigenvalue weighted by atomic mass is 32.2. The second-order valence-corrected chi connectivity index (χ2v) is 7.63. The molecule has 0 aliphatic rings. The summed E-state index contributed by atoms with van der Waals surface area (Å²) in [5.41, 5.74) is -0.120. The average Bonchev–Trinajstić information content (AvgIpc) is 2.35. The topological polar surface area (TPSA) is 43.4 Å². The van der Waals surface area contributed by atoms with Crippen LogP contribution in [0.3, 0.4) is 0 Å². The molecule has 0 amide bonds. The van der Waals surface area contributed by atoms with Crippen LogP contribution in [0.4, 0.5) is 0 Å². The molecule has 1 atom stereocenters. The number of carbonyl (C=O) groups is 2. The molecular weight excluding hydrogens is 272 g/mol. The van der Waals surface area contributed by atoms with Gasteiger partial charge in [-0.15, -0.1) is 0 Å². The van der Waals surface area contributed by atoms with Gasteiger partial charge in [0.05, 0.1) is 6.61 Å². The second-order valence-electron chi connectivity index (χ2n) is 6.14. The van der Waals surface area contributed by atoms with E-state index < -0.39 is 10.7 Å². The van der Waals surface area contributed by atoms with E-state index in [1.165, 1.54) is 18.7 Å². The first kappa shape index (κ1) is 16.8. The third-order valence-electron chi connectivity index (χ3n) is 2.76. The first-order valence-electron chi connectivity index (χ1n) is 6.57. The summed E-state index contributed by atoms with van der Waals surface area (Å²) in [6.07, 6.45) is 0. The zero-order chi connectivity index (χ0) is 15.4. The highest BCUT2D eigenvalue weighted by Crippen LogP contribution is 2.35. The highest BCUT2D eigenvalue weighted by Gasteiger charge is 2.41. The van der Waals surface area contributed by atoms with Crippen molar-refractivity contribution in [3.63, 3.8) is 0 Å². The summed E-state index contributed by atoms with van der Waals surface area (Å²) in [5.74, 6) is -0.681. The van der Waals surface area contributed by atoms with Crippen molar-refractivity contribution in [2.45, 2.75) is 44.3 Å². The molecule has 0 saturated heterocycles. The molecule has 0 heterocycles. The first-order valence-corrected chi connectivity index (χ1v) is 7.39. The standard InChI is InChI=1S/C16H22O3S/c1-12(17)16(5,14(18)19-11-15(2,3)4)20-13-9-7-6-8-10-13/h6-10H,11H2,1-5H3. The molecule has 1 aromatic rings. The Labute approximate surface area is 125 Å². The predicted octanol–water partition coefficient (Wildman–Crippen LogP) is 3.72. The van der Waals surface area contributed by atoms with E-state index in [1.54, 1.807) is 6.92 Å². The molecule has 0 spiro atoms. The van der Waals surface area contributed by atoms with E-state index in [0.717, 1.165) is 4.90 Å². The van der Waals surface area contributed by atoms with E-state index in [9.17, 15) is 9.59 Å². The van der Waals surface area contributed by atoms with Gasteiger partial charge in [0.2, 0.25) is 0 Å². The van der Waals surface area contributed by atoms with Crippen molar-refractivity contribution < 1.29 is 14.3 Å². The van der Waals surface area contributed by atoms with Crippen LogP contribution in [0.1, 0.15) is 34.6 Å². The van der Waals surface area contributed by atoms with Crippen LogP contribution >= 0.6 is 11.8 Å². The Morgan fingerprint density at radius 2 is 1.65 bits per heavy atom. The Hall–Kier alpha value is -1.29. The fourth-order valence-corrected chi connectivity index (χ4v) is 2.45. The van der Waals surface area contributed by atoms with E-state index in [2.05, 4.69) is 0 Å². The number of ether oxygens (including phenoxy) is 1. The summed E-state index contributed by atoms with van der Waals surface area (Å²) in [7, 11) is 0. The summed E-state index contributed by atoms with van der Waals surface area (Å²) < 4.78 is 4.12. The fraction of sp³-hybridized carbons (Fsp3) is 0.500. The molecule has 0 radical (unpaired) electrons. The zero-order valence-corrected chi connectivity index (χ0v) is 13.5. The Bertz CT molecular complexity index is 476. The zero-order valence-electron chi connectivity index (χ0n) is 12.7. The SMILES string of the molecule is CC(=O)C(C)(Sc1ccccc1)C(=O)OCC(C)(C)C. The molecule has 4 heteroatoms. The van der Waals surface area contributed by atoms with E-state index in [-0.39, 0.29) is 11.2 Å². The Kier molecular flexibility index (Phi) is 5.40. The van der Waals surface area contributed by atoms with Gasteiger partial charge in [0.15, 0.2) is 10.5 Å². The number of hydrogen-bond donors (Lipinski definition) is 0. The van der Waals surface area contributed by atoms with Crippen LogP contribution in [0.25, 0.3) is 0 Å². The lowest BCUT2D eigenvalue weighted by atomic mass is 9.98. The quantitative estimate of drug-likeness (QED) is 0.471. The van der Waals surface area contributed by atoms with E-state index in [4.69, 9.17) is 4.74 Å². The average molecular weight is 294 g/mol. The number of Topliss-reactive ketones (excluding diaryl/α,β-unsaturated/α-hetero) is 1. The van der Waals surface area contributed by atoms with Crippen LogP contribution < -0.4 is 0 Å². The van der Waals surface area contributed by atoms with Crippen molar-refractivity contribution in [2.75, 3.05) is 6.61 Å². The van der Waals surface area contributed by atoms with Crippen molar-refractivity contribution in [1.29, 1.82) is 0 Å². The van der Waals surface area contributed by atoms with E-state index in [0.29, 0.717) is 6.61 Å². The maximum Gasteiger partial charge on any atom is 0.329 e. The van der Waals surface area contributed by atoms with Gasteiger partial charge in [0, 0.05) is 4.90 Å². The number of ketones is 1. The van der Waals surface area contributed by atoms with Crippen molar-refractivity contribution in [3.05, 3.63) is 30.3 Å². The fourth-order valence-electron chi connectivity index (χ4n) is 1.40. The van der Waals surface area contributed by atoms with Gasteiger partial charge in [-0.3, -0.25) is 9.59 Å². The molecule has 0 bridgehead atoms. The molecule has 110 valence electrons. The Morgan fingerprint density at radius 1 is 1.10 bits per heavy atom. The number of hydrogen-bond acceptors (Lipinski definition) is 4. The van der Waals surface area contributed by atoms with Crippen molar-refractivity contribution >= 4 is 23.5 Å². The number of rotatable bonds is 5. The molecule has 1 unspecified atom stereocenters. The van der Waals surface area contributed by atoms with Gasteiger partial charge in [-0.25, -0.2) is 0 Å². The second kappa shape index (κ2) is 6.44. The highest BCUT2D eigenvalue weighted by molar-refractivity contribution is 8.02. The Morgan fingerprint density at radius 3 is 2.10 bits per heavy atom. The normalized spacial score (nSPS) is 14.4. The molecule has 0 aliphatic heterocycles. The van der Waals surface area contributed by atoms with Crippen molar-refractivity contribution in [1.82, 2.24) is 0 Å². The number of carbonyl (C=O) groups excluding carboxylic acids is 2. The lowest BCUT2D eigenvalue weighted by Gasteiger charge is -2.26. The molecule has 1 rings (SSSR count). The minimum Gasteiger partial charge on any atom is -0.464 e. The third kappa shape index (κ3) is 4.67. The van der Waals surface area contributed by atoms with Crippen LogP contribution in [-0.4, -0.2) is 23.1 Å². The predicted molar refractivity (Wildman–Crippen MR) is 81.8 cm³/mol. The molecule has 0 fully saturated rings. The Balaban J connectivity index is 2.86. The van der Waals surface area contributed by atoms with Crippen LogP contribution in [0, 0.1) is 5.41 Å². The minimum absolute atomic E-state index is 0.120. The van der Waals surface area contributed by atoms with Crippen LogP contribution in [0.2, 0.25) is 0 Å². The first-order chi connectivity index (χ1) is 9.15. The largest absolute Gasteiger partial charge is 0.464 e. The molecule has 0 aliphatic carbocycles. The summed E-state index contributed by atoms with van der Waals surface area (Å²) in [5, 5.41) is 0. The molecule has 0 aromatic heterocycles. The summed E-state index contributed by atoms with van der Waals surface area (Å²) in [6.45, 7) is 9.29. The lowest BCUT2D eigenvalue weighted by molar-refractivity contribution is -0.151. The van der Waals surface area contributed by atoms with Gasteiger partial charge >= 0.3 is 5.97 Å². The molecular formula is C16H22O3S. The molecule has 0 saturated carbocycles. The van der Waals surface area contributed by atoms with Gasteiger partial charge < -0.3 is 4.74 Å². The minimum atomic E-state index is -1.20. The summed E-state index contributed by atoms with van der Waals surface area (Å²) in [4.78, 5) is 25.1. The van der Waals surface area contributed by atoms with Crippen LogP contribution in [-0.2, 0) is 14.3 Å². The number of esters is 1. The monoisotopic (exact) mass is 294 g/mol. The van der Waals surface area contributed by atoms with Crippen LogP contribution in [0.15, 0.2) is 35.2 Å². The van der Waals surface area contributed by atoms with Crippen LogP contribution in [0.5, 0.6) is 0 Å².